The fourth-order valence-electron chi connectivity index (χ4n) is 2.97. The number of benzene rings is 1. The molecule has 4 nitrogen and oxygen atoms in total. The van der Waals surface area contributed by atoms with Gasteiger partial charge in [-0.15, -0.1) is 0 Å². The Balaban J connectivity index is 1.74. The SMILES string of the molecule is CCNc1c(F)cccc1C(=O)NC1CCOC1C1CC1. The number of rotatable bonds is 5. The number of hydrogen-bond donors (Lipinski definition) is 2. The van der Waals surface area contributed by atoms with Crippen LogP contribution in [0.5, 0.6) is 0 Å². The van der Waals surface area contributed by atoms with Crippen LogP contribution in [0.4, 0.5) is 10.1 Å². The highest BCUT2D eigenvalue weighted by molar-refractivity contribution is 5.99. The van der Waals surface area contributed by atoms with Crippen molar-refractivity contribution in [3.05, 3.63) is 29.6 Å². The molecule has 3 rings (SSSR count). The van der Waals surface area contributed by atoms with E-state index < -0.39 is 5.82 Å². The average Bonchev–Trinajstić information content (AvgIpc) is 3.21. The quantitative estimate of drug-likeness (QED) is 0.877. The standard InChI is InChI=1S/C16H21FN2O2/c1-2-18-14-11(4-3-5-12(14)17)16(20)19-13-8-9-21-15(13)10-6-7-10/h3-5,10,13,15,18H,2,6-9H2,1H3,(H,19,20). The van der Waals surface area contributed by atoms with Crippen LogP contribution in [0.1, 0.15) is 36.5 Å². The molecule has 1 amide bonds. The largest absolute Gasteiger partial charge is 0.382 e. The minimum absolute atomic E-state index is 0.0442. The number of anilines is 1. The third-order valence-electron chi connectivity index (χ3n) is 4.15. The first kappa shape index (κ1) is 14.3. The minimum Gasteiger partial charge on any atom is -0.382 e. The number of nitrogens with one attached hydrogen (secondary N) is 2. The predicted octanol–water partition coefficient (Wildman–Crippen LogP) is 2.55. The van der Waals surface area contributed by atoms with Crippen molar-refractivity contribution < 1.29 is 13.9 Å². The zero-order valence-corrected chi connectivity index (χ0v) is 12.2. The molecule has 1 aromatic carbocycles. The summed E-state index contributed by atoms with van der Waals surface area (Å²) in [5.74, 6) is -0.0453. The van der Waals surface area contributed by atoms with E-state index >= 15 is 0 Å². The molecule has 2 atom stereocenters. The normalized spacial score (nSPS) is 24.9. The van der Waals surface area contributed by atoms with E-state index in [1.54, 1.807) is 12.1 Å². The van der Waals surface area contributed by atoms with Gasteiger partial charge in [0, 0.05) is 13.2 Å². The first-order chi connectivity index (χ1) is 10.2. The smallest absolute Gasteiger partial charge is 0.253 e. The molecule has 1 saturated carbocycles. The number of para-hydroxylation sites is 1. The maximum Gasteiger partial charge on any atom is 0.253 e. The highest BCUT2D eigenvalue weighted by Crippen LogP contribution is 2.38. The Morgan fingerprint density at radius 1 is 1.38 bits per heavy atom. The first-order valence-corrected chi connectivity index (χ1v) is 7.65. The van der Waals surface area contributed by atoms with Gasteiger partial charge >= 0.3 is 0 Å². The van der Waals surface area contributed by atoms with Gasteiger partial charge in [-0.25, -0.2) is 4.39 Å². The van der Waals surface area contributed by atoms with Crippen LogP contribution in [0.15, 0.2) is 18.2 Å². The lowest BCUT2D eigenvalue weighted by Crippen LogP contribution is -2.41. The molecular formula is C16H21FN2O2. The van der Waals surface area contributed by atoms with Gasteiger partial charge in [0.15, 0.2) is 0 Å². The van der Waals surface area contributed by atoms with Crippen LogP contribution >= 0.6 is 0 Å². The molecule has 0 radical (unpaired) electrons. The maximum atomic E-state index is 13.9. The van der Waals surface area contributed by atoms with E-state index in [9.17, 15) is 9.18 Å². The molecule has 21 heavy (non-hydrogen) atoms. The van der Waals surface area contributed by atoms with E-state index in [-0.39, 0.29) is 23.7 Å². The summed E-state index contributed by atoms with van der Waals surface area (Å²) in [7, 11) is 0. The van der Waals surface area contributed by atoms with Gasteiger partial charge < -0.3 is 15.4 Å². The molecule has 2 N–H and O–H groups in total. The second-order valence-electron chi connectivity index (χ2n) is 5.73. The molecule has 5 heteroatoms. The van der Waals surface area contributed by atoms with Crippen molar-refractivity contribution in [2.45, 2.75) is 38.3 Å². The van der Waals surface area contributed by atoms with Crippen LogP contribution < -0.4 is 10.6 Å². The number of amides is 1. The van der Waals surface area contributed by atoms with Crippen molar-refractivity contribution in [2.75, 3.05) is 18.5 Å². The summed E-state index contributed by atoms with van der Waals surface area (Å²) >= 11 is 0. The minimum atomic E-state index is -0.397. The van der Waals surface area contributed by atoms with Gasteiger partial charge in [-0.1, -0.05) is 6.07 Å². The van der Waals surface area contributed by atoms with Crippen molar-refractivity contribution >= 4 is 11.6 Å². The lowest BCUT2D eigenvalue weighted by atomic mass is 10.0. The van der Waals surface area contributed by atoms with Crippen LogP contribution in [0.3, 0.4) is 0 Å². The highest BCUT2D eigenvalue weighted by Gasteiger charge is 2.41. The zero-order valence-electron chi connectivity index (χ0n) is 12.2. The Morgan fingerprint density at radius 2 is 2.19 bits per heavy atom. The van der Waals surface area contributed by atoms with Crippen LogP contribution in [-0.2, 0) is 4.74 Å². The lowest BCUT2D eigenvalue weighted by Gasteiger charge is -2.20. The summed E-state index contributed by atoms with van der Waals surface area (Å²) in [4.78, 5) is 12.5. The fourth-order valence-corrected chi connectivity index (χ4v) is 2.97. The summed E-state index contributed by atoms with van der Waals surface area (Å²) in [6, 6.07) is 4.62. The van der Waals surface area contributed by atoms with E-state index in [4.69, 9.17) is 4.74 Å². The molecule has 0 aromatic heterocycles. The Labute approximate surface area is 124 Å². The molecule has 2 fully saturated rings. The zero-order chi connectivity index (χ0) is 14.8. The van der Waals surface area contributed by atoms with Gasteiger partial charge in [-0.3, -0.25) is 4.79 Å². The van der Waals surface area contributed by atoms with Crippen LogP contribution in [0, 0.1) is 11.7 Å². The fraction of sp³-hybridized carbons (Fsp3) is 0.562. The van der Waals surface area contributed by atoms with Crippen LogP contribution in [0.2, 0.25) is 0 Å². The number of carbonyl (C=O) groups excluding carboxylic acids is 1. The third kappa shape index (κ3) is 3.02. The van der Waals surface area contributed by atoms with Crippen molar-refractivity contribution in [1.82, 2.24) is 5.32 Å². The molecule has 1 aromatic rings. The first-order valence-electron chi connectivity index (χ1n) is 7.65. The van der Waals surface area contributed by atoms with Crippen molar-refractivity contribution in [3.63, 3.8) is 0 Å². The molecular weight excluding hydrogens is 271 g/mol. The molecule has 0 spiro atoms. The summed E-state index contributed by atoms with van der Waals surface area (Å²) in [5.41, 5.74) is 0.637. The second-order valence-corrected chi connectivity index (χ2v) is 5.73. The summed E-state index contributed by atoms with van der Waals surface area (Å²) < 4.78 is 19.6. The summed E-state index contributed by atoms with van der Waals surface area (Å²) in [6.07, 6.45) is 3.32. The maximum absolute atomic E-state index is 13.9. The third-order valence-corrected chi connectivity index (χ3v) is 4.15. The number of hydrogen-bond acceptors (Lipinski definition) is 3. The lowest BCUT2D eigenvalue weighted by molar-refractivity contribution is 0.0730. The Morgan fingerprint density at radius 3 is 2.90 bits per heavy atom. The topological polar surface area (TPSA) is 50.4 Å². The van der Waals surface area contributed by atoms with Gasteiger partial charge in [-0.05, 0) is 44.2 Å². The molecule has 1 aliphatic heterocycles. The van der Waals surface area contributed by atoms with Gasteiger partial charge in [0.1, 0.15) is 5.82 Å². The Hall–Kier alpha value is -1.62. The molecule has 1 aliphatic carbocycles. The van der Waals surface area contributed by atoms with Crippen molar-refractivity contribution in [3.8, 4) is 0 Å². The van der Waals surface area contributed by atoms with E-state index in [0.29, 0.717) is 24.6 Å². The van der Waals surface area contributed by atoms with Gasteiger partial charge in [0.2, 0.25) is 0 Å². The average molecular weight is 292 g/mol. The number of carbonyl (C=O) groups is 1. The van der Waals surface area contributed by atoms with Gasteiger partial charge in [0.05, 0.1) is 23.4 Å². The molecule has 2 unspecified atom stereocenters. The van der Waals surface area contributed by atoms with E-state index in [1.807, 2.05) is 6.92 Å². The van der Waals surface area contributed by atoms with E-state index in [0.717, 1.165) is 6.42 Å². The van der Waals surface area contributed by atoms with Crippen molar-refractivity contribution in [2.24, 2.45) is 5.92 Å². The molecule has 0 bridgehead atoms. The van der Waals surface area contributed by atoms with Gasteiger partial charge in [-0.2, -0.15) is 0 Å². The van der Waals surface area contributed by atoms with E-state index in [2.05, 4.69) is 10.6 Å². The van der Waals surface area contributed by atoms with E-state index in [1.165, 1.54) is 18.9 Å². The molecule has 1 saturated heterocycles. The van der Waals surface area contributed by atoms with Crippen LogP contribution in [0.25, 0.3) is 0 Å². The number of halogens is 1. The second kappa shape index (κ2) is 6.02. The predicted molar refractivity (Wildman–Crippen MR) is 78.9 cm³/mol. The summed E-state index contributed by atoms with van der Waals surface area (Å²) in [6.45, 7) is 3.13. The van der Waals surface area contributed by atoms with Crippen LogP contribution in [-0.4, -0.2) is 31.2 Å². The molecule has 2 aliphatic rings. The molecule has 1 heterocycles. The Bertz CT molecular complexity index is 531. The highest BCUT2D eigenvalue weighted by atomic mass is 19.1. The molecule has 114 valence electrons. The van der Waals surface area contributed by atoms with Gasteiger partial charge in [0.25, 0.3) is 5.91 Å². The van der Waals surface area contributed by atoms with Crippen molar-refractivity contribution in [1.29, 1.82) is 0 Å². The summed E-state index contributed by atoms with van der Waals surface area (Å²) in [5, 5.41) is 5.95. The number of ether oxygens (including phenoxy) is 1. The monoisotopic (exact) mass is 292 g/mol. The Kier molecular flexibility index (Phi) is 4.10.